The molecule has 0 aliphatic heterocycles. The van der Waals surface area contributed by atoms with Gasteiger partial charge in [-0.15, -0.1) is 0 Å². The highest BCUT2D eigenvalue weighted by Crippen LogP contribution is 2.19. The van der Waals surface area contributed by atoms with Crippen molar-refractivity contribution in [2.75, 3.05) is 6.61 Å². The smallest absolute Gasteiger partial charge is 0.307 e. The van der Waals surface area contributed by atoms with Crippen LogP contribution in [0.3, 0.4) is 0 Å². The van der Waals surface area contributed by atoms with Crippen LogP contribution >= 0.6 is 11.3 Å². The summed E-state index contributed by atoms with van der Waals surface area (Å²) in [5.41, 5.74) is 0.476. The fourth-order valence-electron chi connectivity index (χ4n) is 2.57. The maximum absolute atomic E-state index is 13.8. The van der Waals surface area contributed by atoms with Gasteiger partial charge in [-0.2, -0.15) is 4.99 Å². The molecule has 0 saturated heterocycles. The van der Waals surface area contributed by atoms with E-state index in [1.165, 1.54) is 30.3 Å². The molecule has 0 saturated carbocycles. The standard InChI is InChI=1S/C19H16F2N2O3S/c1-2-26-17(24)9-10-23-15-8-7-12(20)11-16(15)27-19(23)22-18(25)13-5-3-4-6-14(13)21/h3-8,11H,2,9-10H2,1H3. The molecular weight excluding hydrogens is 374 g/mol. The van der Waals surface area contributed by atoms with Gasteiger partial charge >= 0.3 is 5.97 Å². The van der Waals surface area contributed by atoms with Crippen LogP contribution in [-0.4, -0.2) is 23.1 Å². The van der Waals surface area contributed by atoms with Crippen LogP contribution in [0, 0.1) is 11.6 Å². The number of benzene rings is 2. The van der Waals surface area contributed by atoms with E-state index in [0.29, 0.717) is 10.2 Å². The van der Waals surface area contributed by atoms with Gasteiger partial charge in [0.15, 0.2) is 4.80 Å². The van der Waals surface area contributed by atoms with E-state index in [1.807, 2.05) is 0 Å². The van der Waals surface area contributed by atoms with Gasteiger partial charge in [-0.05, 0) is 37.3 Å². The molecule has 1 amide bonds. The number of hydrogen-bond acceptors (Lipinski definition) is 4. The van der Waals surface area contributed by atoms with Crippen molar-refractivity contribution < 1.29 is 23.1 Å². The number of fused-ring (bicyclic) bond motifs is 1. The van der Waals surface area contributed by atoms with Gasteiger partial charge in [-0.3, -0.25) is 9.59 Å². The van der Waals surface area contributed by atoms with Gasteiger partial charge in [0.25, 0.3) is 5.91 Å². The van der Waals surface area contributed by atoms with Crippen LogP contribution in [0.1, 0.15) is 23.7 Å². The van der Waals surface area contributed by atoms with Crippen molar-refractivity contribution in [2.24, 2.45) is 4.99 Å². The maximum Gasteiger partial charge on any atom is 0.307 e. The second-order valence-electron chi connectivity index (χ2n) is 5.60. The molecule has 0 radical (unpaired) electrons. The fourth-order valence-corrected chi connectivity index (χ4v) is 3.65. The average Bonchev–Trinajstić information content (AvgIpc) is 2.96. The topological polar surface area (TPSA) is 60.7 Å². The van der Waals surface area contributed by atoms with Crippen molar-refractivity contribution >= 4 is 33.4 Å². The summed E-state index contributed by atoms with van der Waals surface area (Å²) in [6.45, 7) is 2.18. The molecule has 5 nitrogen and oxygen atoms in total. The van der Waals surface area contributed by atoms with Crippen LogP contribution in [0.4, 0.5) is 8.78 Å². The Balaban J connectivity index is 2.05. The van der Waals surface area contributed by atoms with Crippen LogP contribution in [0.5, 0.6) is 0 Å². The molecule has 27 heavy (non-hydrogen) atoms. The molecule has 0 aliphatic carbocycles. The Hall–Kier alpha value is -2.87. The van der Waals surface area contributed by atoms with Crippen molar-refractivity contribution in [3.63, 3.8) is 0 Å². The van der Waals surface area contributed by atoms with Gasteiger partial charge in [0.1, 0.15) is 11.6 Å². The molecule has 0 fully saturated rings. The second kappa shape index (κ2) is 8.22. The molecule has 0 N–H and O–H groups in total. The quantitative estimate of drug-likeness (QED) is 0.625. The molecule has 140 valence electrons. The number of nitrogens with zero attached hydrogens (tertiary/aromatic N) is 2. The number of thiazole rings is 1. The van der Waals surface area contributed by atoms with Gasteiger partial charge < -0.3 is 9.30 Å². The van der Waals surface area contributed by atoms with Gasteiger partial charge in [-0.25, -0.2) is 8.78 Å². The molecule has 2 aromatic carbocycles. The molecule has 0 atom stereocenters. The molecule has 8 heteroatoms. The zero-order chi connectivity index (χ0) is 19.4. The number of ether oxygens (including phenoxy) is 1. The predicted molar refractivity (Wildman–Crippen MR) is 97.3 cm³/mol. The van der Waals surface area contributed by atoms with Crippen molar-refractivity contribution in [1.82, 2.24) is 4.57 Å². The number of carbonyl (C=O) groups is 2. The Kier molecular flexibility index (Phi) is 5.75. The van der Waals surface area contributed by atoms with Crippen molar-refractivity contribution in [2.45, 2.75) is 19.9 Å². The number of carbonyl (C=O) groups excluding carboxylic acids is 2. The Morgan fingerprint density at radius 2 is 1.96 bits per heavy atom. The van der Waals surface area contributed by atoms with Gasteiger partial charge in [0.05, 0.1) is 28.8 Å². The Morgan fingerprint density at radius 1 is 1.19 bits per heavy atom. The first-order valence-corrected chi connectivity index (χ1v) is 9.09. The van der Waals surface area contributed by atoms with Crippen LogP contribution in [0.2, 0.25) is 0 Å². The van der Waals surface area contributed by atoms with E-state index in [-0.39, 0.29) is 29.9 Å². The number of aryl methyl sites for hydroxylation is 1. The Morgan fingerprint density at radius 3 is 2.70 bits per heavy atom. The summed E-state index contributed by atoms with van der Waals surface area (Å²) < 4.78 is 34.5. The second-order valence-corrected chi connectivity index (χ2v) is 6.61. The van der Waals surface area contributed by atoms with E-state index < -0.39 is 23.5 Å². The summed E-state index contributed by atoms with van der Waals surface area (Å²) in [7, 11) is 0. The molecular formula is C19H16F2N2O3S. The molecule has 1 heterocycles. The molecule has 0 aliphatic rings. The first kappa shape index (κ1) is 18.9. The molecule has 0 spiro atoms. The first-order valence-electron chi connectivity index (χ1n) is 8.27. The maximum atomic E-state index is 13.8. The lowest BCUT2D eigenvalue weighted by molar-refractivity contribution is -0.143. The van der Waals surface area contributed by atoms with E-state index >= 15 is 0 Å². The summed E-state index contributed by atoms with van der Waals surface area (Å²) in [4.78, 5) is 28.3. The Bertz CT molecular complexity index is 1070. The Labute approximate surface area is 157 Å². The number of rotatable bonds is 5. The molecule has 1 aromatic heterocycles. The van der Waals surface area contributed by atoms with Crippen molar-refractivity contribution in [3.8, 4) is 0 Å². The predicted octanol–water partition coefficient (Wildman–Crippen LogP) is 3.68. The van der Waals surface area contributed by atoms with Gasteiger partial charge in [0, 0.05) is 6.54 Å². The van der Waals surface area contributed by atoms with E-state index in [0.717, 1.165) is 11.3 Å². The third kappa shape index (κ3) is 4.28. The summed E-state index contributed by atoms with van der Waals surface area (Å²) >= 11 is 1.09. The average molecular weight is 390 g/mol. The van der Waals surface area contributed by atoms with Gasteiger partial charge in [0.2, 0.25) is 0 Å². The third-order valence-corrected chi connectivity index (χ3v) is 4.83. The number of amides is 1. The zero-order valence-electron chi connectivity index (χ0n) is 14.4. The normalized spacial score (nSPS) is 11.7. The van der Waals surface area contributed by atoms with Crippen LogP contribution < -0.4 is 4.80 Å². The minimum Gasteiger partial charge on any atom is -0.466 e. The molecule has 0 unspecified atom stereocenters. The van der Waals surface area contributed by atoms with Crippen LogP contribution in [0.15, 0.2) is 47.5 Å². The number of hydrogen-bond donors (Lipinski definition) is 0. The summed E-state index contributed by atoms with van der Waals surface area (Å²) in [6.07, 6.45) is 0.0676. The monoisotopic (exact) mass is 390 g/mol. The highest BCUT2D eigenvalue weighted by Gasteiger charge is 2.14. The molecule has 3 aromatic rings. The van der Waals surface area contributed by atoms with E-state index in [9.17, 15) is 18.4 Å². The lowest BCUT2D eigenvalue weighted by Crippen LogP contribution is -2.19. The summed E-state index contributed by atoms with van der Waals surface area (Å²) in [6, 6.07) is 9.72. The molecule has 0 bridgehead atoms. The number of halogens is 2. The zero-order valence-corrected chi connectivity index (χ0v) is 15.3. The van der Waals surface area contributed by atoms with E-state index in [1.54, 1.807) is 23.6 Å². The summed E-state index contributed by atoms with van der Waals surface area (Å²) in [5.74, 6) is -2.23. The van der Waals surface area contributed by atoms with E-state index in [2.05, 4.69) is 4.99 Å². The van der Waals surface area contributed by atoms with Crippen LogP contribution in [0.25, 0.3) is 10.2 Å². The SMILES string of the molecule is CCOC(=O)CCn1c(=NC(=O)c2ccccc2F)sc2cc(F)ccc21. The minimum absolute atomic E-state index is 0.0676. The van der Waals surface area contributed by atoms with Gasteiger partial charge in [-0.1, -0.05) is 23.5 Å². The minimum atomic E-state index is -0.745. The number of aromatic nitrogens is 1. The van der Waals surface area contributed by atoms with Crippen molar-refractivity contribution in [3.05, 3.63) is 64.5 Å². The fraction of sp³-hybridized carbons (Fsp3) is 0.211. The lowest BCUT2D eigenvalue weighted by atomic mass is 10.2. The third-order valence-electron chi connectivity index (χ3n) is 3.79. The lowest BCUT2D eigenvalue weighted by Gasteiger charge is -2.05. The largest absolute Gasteiger partial charge is 0.466 e. The first-order chi connectivity index (χ1) is 13.0. The summed E-state index contributed by atoms with van der Waals surface area (Å²) in [5, 5.41) is 0. The molecule has 3 rings (SSSR count). The highest BCUT2D eigenvalue weighted by atomic mass is 32.1. The highest BCUT2D eigenvalue weighted by molar-refractivity contribution is 7.16. The van der Waals surface area contributed by atoms with Crippen LogP contribution in [-0.2, 0) is 16.1 Å². The van der Waals surface area contributed by atoms with Crippen molar-refractivity contribution in [1.29, 1.82) is 0 Å². The van der Waals surface area contributed by atoms with E-state index in [4.69, 9.17) is 4.74 Å². The number of esters is 1.